The van der Waals surface area contributed by atoms with Crippen LogP contribution >= 0.6 is 11.3 Å². The molecule has 1 heterocycles. The smallest absolute Gasteiger partial charge is 0.253 e. The van der Waals surface area contributed by atoms with E-state index < -0.39 is 10.0 Å². The maximum absolute atomic E-state index is 12.1. The van der Waals surface area contributed by atoms with E-state index in [9.17, 15) is 8.42 Å². The molecule has 0 saturated heterocycles. The Morgan fingerprint density at radius 1 is 1.21 bits per heavy atom. The molecule has 1 aromatic carbocycles. The van der Waals surface area contributed by atoms with Crippen LogP contribution in [-0.2, 0) is 16.4 Å². The number of anilines is 1. The third-order valence-electron chi connectivity index (χ3n) is 2.48. The lowest BCUT2D eigenvalue weighted by Crippen LogP contribution is -2.12. The first-order chi connectivity index (χ1) is 9.01. The molecule has 2 aromatic rings. The van der Waals surface area contributed by atoms with E-state index in [1.165, 1.54) is 11.3 Å². The van der Waals surface area contributed by atoms with Gasteiger partial charge in [0.15, 0.2) is 0 Å². The van der Waals surface area contributed by atoms with Crippen LogP contribution in [0.3, 0.4) is 0 Å². The molecule has 0 atom stereocenters. The normalized spacial score (nSPS) is 11.5. The standard InChI is InChI=1S/C12H15N3O2S2/c1-3-4-11-13-14-12(18-11)15-19(16,17)10-7-5-9(2)6-8-10/h5-8H,3-4H2,1-2H3,(H,14,15). The summed E-state index contributed by atoms with van der Waals surface area (Å²) in [5.74, 6) is 0. The van der Waals surface area contributed by atoms with Crippen LogP contribution in [0.15, 0.2) is 29.2 Å². The Kier molecular flexibility index (Phi) is 4.16. The second kappa shape index (κ2) is 5.66. The first kappa shape index (κ1) is 14.0. The SMILES string of the molecule is CCCc1nnc(NS(=O)(=O)c2ccc(C)cc2)s1. The third-order valence-corrected chi connectivity index (χ3v) is 4.87. The Morgan fingerprint density at radius 3 is 2.53 bits per heavy atom. The van der Waals surface area contributed by atoms with Gasteiger partial charge < -0.3 is 0 Å². The lowest BCUT2D eigenvalue weighted by atomic mass is 10.2. The van der Waals surface area contributed by atoms with Crippen LogP contribution in [-0.4, -0.2) is 18.6 Å². The van der Waals surface area contributed by atoms with E-state index in [1.807, 2.05) is 13.8 Å². The second-order valence-electron chi connectivity index (χ2n) is 4.17. The molecule has 0 fully saturated rings. The fraction of sp³-hybridized carbons (Fsp3) is 0.333. The molecule has 19 heavy (non-hydrogen) atoms. The number of nitrogens with zero attached hydrogens (tertiary/aromatic N) is 2. The van der Waals surface area contributed by atoms with Gasteiger partial charge in [-0.05, 0) is 25.5 Å². The van der Waals surface area contributed by atoms with Crippen molar-refractivity contribution in [1.82, 2.24) is 10.2 Å². The molecule has 0 aliphatic carbocycles. The minimum atomic E-state index is -3.57. The van der Waals surface area contributed by atoms with Gasteiger partial charge in [0.25, 0.3) is 10.0 Å². The summed E-state index contributed by atoms with van der Waals surface area (Å²) in [4.78, 5) is 0.227. The molecule has 5 nitrogen and oxygen atoms in total. The first-order valence-electron chi connectivity index (χ1n) is 5.93. The van der Waals surface area contributed by atoms with Gasteiger partial charge in [0.05, 0.1) is 4.90 Å². The number of aryl methyl sites for hydroxylation is 2. The zero-order chi connectivity index (χ0) is 13.9. The highest BCUT2D eigenvalue weighted by Crippen LogP contribution is 2.20. The highest BCUT2D eigenvalue weighted by atomic mass is 32.2. The first-order valence-corrected chi connectivity index (χ1v) is 8.23. The molecule has 0 unspecified atom stereocenters. The lowest BCUT2D eigenvalue weighted by Gasteiger charge is -2.04. The quantitative estimate of drug-likeness (QED) is 0.920. The summed E-state index contributed by atoms with van der Waals surface area (Å²) in [6, 6.07) is 6.67. The minimum Gasteiger partial charge on any atom is -0.253 e. The van der Waals surface area contributed by atoms with Gasteiger partial charge in [0, 0.05) is 6.42 Å². The Hall–Kier alpha value is -1.47. The lowest BCUT2D eigenvalue weighted by molar-refractivity contribution is 0.601. The van der Waals surface area contributed by atoms with E-state index in [0.29, 0.717) is 5.13 Å². The van der Waals surface area contributed by atoms with Crippen molar-refractivity contribution in [2.24, 2.45) is 0 Å². The van der Waals surface area contributed by atoms with Gasteiger partial charge in [0.2, 0.25) is 5.13 Å². The van der Waals surface area contributed by atoms with E-state index in [1.54, 1.807) is 24.3 Å². The summed E-state index contributed by atoms with van der Waals surface area (Å²) in [7, 11) is -3.57. The zero-order valence-electron chi connectivity index (χ0n) is 10.8. The monoisotopic (exact) mass is 297 g/mol. The third kappa shape index (κ3) is 3.51. The number of benzene rings is 1. The van der Waals surface area contributed by atoms with Crippen LogP contribution in [0.5, 0.6) is 0 Å². The van der Waals surface area contributed by atoms with E-state index in [4.69, 9.17) is 0 Å². The van der Waals surface area contributed by atoms with Crippen molar-refractivity contribution < 1.29 is 8.42 Å². The van der Waals surface area contributed by atoms with Gasteiger partial charge in [0.1, 0.15) is 5.01 Å². The van der Waals surface area contributed by atoms with E-state index >= 15 is 0 Å². The highest BCUT2D eigenvalue weighted by Gasteiger charge is 2.16. The van der Waals surface area contributed by atoms with Crippen LogP contribution in [0, 0.1) is 6.92 Å². The van der Waals surface area contributed by atoms with Crippen molar-refractivity contribution in [3.8, 4) is 0 Å². The number of aromatic nitrogens is 2. The summed E-state index contributed by atoms with van der Waals surface area (Å²) in [6.07, 6.45) is 1.77. The van der Waals surface area contributed by atoms with Gasteiger partial charge in [-0.25, -0.2) is 8.42 Å². The van der Waals surface area contributed by atoms with Crippen molar-refractivity contribution >= 4 is 26.5 Å². The minimum absolute atomic E-state index is 0.227. The Labute approximate surface area is 116 Å². The average molecular weight is 297 g/mol. The molecule has 0 aliphatic rings. The molecule has 0 saturated carbocycles. The molecule has 2 rings (SSSR count). The molecule has 1 N–H and O–H groups in total. The molecule has 7 heteroatoms. The maximum atomic E-state index is 12.1. The van der Waals surface area contributed by atoms with Crippen molar-refractivity contribution in [3.63, 3.8) is 0 Å². The Balaban J connectivity index is 2.18. The summed E-state index contributed by atoms with van der Waals surface area (Å²) >= 11 is 1.27. The fourth-order valence-corrected chi connectivity index (χ4v) is 3.57. The summed E-state index contributed by atoms with van der Waals surface area (Å²) in [5.41, 5.74) is 1.01. The van der Waals surface area contributed by atoms with Crippen molar-refractivity contribution in [3.05, 3.63) is 34.8 Å². The Morgan fingerprint density at radius 2 is 1.89 bits per heavy atom. The molecule has 0 radical (unpaired) electrons. The number of sulfonamides is 1. The van der Waals surface area contributed by atoms with Crippen LogP contribution < -0.4 is 4.72 Å². The highest BCUT2D eigenvalue weighted by molar-refractivity contribution is 7.93. The molecule has 0 bridgehead atoms. The van der Waals surface area contributed by atoms with Gasteiger partial charge in [-0.2, -0.15) is 0 Å². The summed E-state index contributed by atoms with van der Waals surface area (Å²) in [5, 5.41) is 8.93. The average Bonchev–Trinajstić information content (AvgIpc) is 2.77. The van der Waals surface area contributed by atoms with E-state index in [2.05, 4.69) is 14.9 Å². The van der Waals surface area contributed by atoms with Crippen LogP contribution in [0.1, 0.15) is 23.9 Å². The van der Waals surface area contributed by atoms with Crippen LogP contribution in [0.25, 0.3) is 0 Å². The second-order valence-corrected chi connectivity index (χ2v) is 6.91. The molecular weight excluding hydrogens is 282 g/mol. The predicted octanol–water partition coefficient (Wildman–Crippen LogP) is 2.60. The van der Waals surface area contributed by atoms with Crippen LogP contribution in [0.4, 0.5) is 5.13 Å². The molecule has 0 spiro atoms. The molecule has 0 amide bonds. The topological polar surface area (TPSA) is 72.0 Å². The summed E-state index contributed by atoms with van der Waals surface area (Å²) < 4.78 is 26.7. The molecule has 0 aliphatic heterocycles. The van der Waals surface area contributed by atoms with E-state index in [-0.39, 0.29) is 4.90 Å². The zero-order valence-corrected chi connectivity index (χ0v) is 12.4. The number of nitrogens with one attached hydrogen (secondary N) is 1. The molecular formula is C12H15N3O2S2. The van der Waals surface area contributed by atoms with E-state index in [0.717, 1.165) is 23.4 Å². The number of hydrogen-bond acceptors (Lipinski definition) is 5. The van der Waals surface area contributed by atoms with Crippen molar-refractivity contribution in [1.29, 1.82) is 0 Å². The Bertz CT molecular complexity index is 648. The maximum Gasteiger partial charge on any atom is 0.263 e. The molecule has 1 aromatic heterocycles. The number of rotatable bonds is 5. The largest absolute Gasteiger partial charge is 0.263 e. The number of hydrogen-bond donors (Lipinski definition) is 1. The predicted molar refractivity (Wildman–Crippen MR) is 75.9 cm³/mol. The van der Waals surface area contributed by atoms with Crippen molar-refractivity contribution in [2.45, 2.75) is 31.6 Å². The van der Waals surface area contributed by atoms with Gasteiger partial charge in [-0.3, -0.25) is 4.72 Å². The van der Waals surface area contributed by atoms with Crippen molar-refractivity contribution in [2.75, 3.05) is 4.72 Å². The summed E-state index contributed by atoms with van der Waals surface area (Å²) in [6.45, 7) is 3.95. The van der Waals surface area contributed by atoms with Gasteiger partial charge in [-0.15, -0.1) is 10.2 Å². The van der Waals surface area contributed by atoms with Crippen LogP contribution in [0.2, 0.25) is 0 Å². The van der Waals surface area contributed by atoms with Gasteiger partial charge in [-0.1, -0.05) is 36.0 Å². The fourth-order valence-electron chi connectivity index (χ4n) is 1.50. The van der Waals surface area contributed by atoms with Gasteiger partial charge >= 0.3 is 0 Å². The molecule has 102 valence electrons.